The van der Waals surface area contributed by atoms with Crippen LogP contribution in [0.3, 0.4) is 0 Å². The number of carboxylic acids is 1. The molecular weight excluding hydrogens is 258 g/mol. The maximum absolute atomic E-state index is 11.7. The molecule has 1 saturated carbocycles. The summed E-state index contributed by atoms with van der Waals surface area (Å²) in [4.78, 5) is 23.2. The normalized spacial score (nSPS) is 17.6. The van der Waals surface area contributed by atoms with Crippen molar-refractivity contribution in [3.05, 3.63) is 0 Å². The summed E-state index contributed by atoms with van der Waals surface area (Å²) >= 11 is 0. The lowest BCUT2D eigenvalue weighted by molar-refractivity contribution is -0.143. The molecule has 1 rings (SSSR count). The van der Waals surface area contributed by atoms with Crippen LogP contribution in [0.25, 0.3) is 0 Å². The topological polar surface area (TPSA) is 75.6 Å². The number of carbonyl (C=O) groups is 2. The van der Waals surface area contributed by atoms with Crippen LogP contribution in [0, 0.1) is 11.8 Å². The second kappa shape index (κ2) is 7.50. The fourth-order valence-corrected chi connectivity index (χ4v) is 2.49. The third-order valence-corrected chi connectivity index (χ3v) is 3.79. The smallest absolute Gasteiger partial charge is 0.407 e. The lowest BCUT2D eigenvalue weighted by atomic mass is 9.88. The molecular formula is C15H27NO4. The standard InChI is InChI=1S/C15H27NO4/c1-4-5-6-9-20-14(19)16-15(7-8-15)12(13(17)18)10-11(2)3/h11-12H,4-10H2,1-3H3,(H,16,19)(H,17,18)/t12-/m0/s1. The van der Waals surface area contributed by atoms with Crippen molar-refractivity contribution in [2.45, 2.75) is 64.8 Å². The first kappa shape index (κ1) is 16.8. The molecule has 0 aromatic carbocycles. The summed E-state index contributed by atoms with van der Waals surface area (Å²) in [5, 5.41) is 12.2. The SMILES string of the molecule is CCCCCOC(=O)NC1([C@@H](CC(C)C)C(=O)O)CC1. The van der Waals surface area contributed by atoms with Crippen molar-refractivity contribution in [1.82, 2.24) is 5.32 Å². The summed E-state index contributed by atoms with van der Waals surface area (Å²) in [5.74, 6) is -1.07. The number of nitrogens with one attached hydrogen (secondary N) is 1. The van der Waals surface area contributed by atoms with E-state index in [2.05, 4.69) is 12.2 Å². The Morgan fingerprint density at radius 1 is 1.30 bits per heavy atom. The van der Waals surface area contributed by atoms with Crippen molar-refractivity contribution in [2.75, 3.05) is 6.61 Å². The van der Waals surface area contributed by atoms with Crippen LogP contribution in [0.5, 0.6) is 0 Å². The molecule has 0 aromatic heterocycles. The van der Waals surface area contributed by atoms with Crippen LogP contribution in [0.15, 0.2) is 0 Å². The van der Waals surface area contributed by atoms with Crippen molar-refractivity contribution in [1.29, 1.82) is 0 Å². The number of rotatable bonds is 9. The van der Waals surface area contributed by atoms with Crippen molar-refractivity contribution >= 4 is 12.1 Å². The van der Waals surface area contributed by atoms with E-state index in [9.17, 15) is 14.7 Å². The van der Waals surface area contributed by atoms with Gasteiger partial charge in [0, 0.05) is 0 Å². The zero-order valence-corrected chi connectivity index (χ0v) is 12.8. The van der Waals surface area contributed by atoms with Crippen molar-refractivity contribution < 1.29 is 19.4 Å². The third-order valence-electron chi connectivity index (χ3n) is 3.79. The van der Waals surface area contributed by atoms with E-state index in [1.165, 1.54) is 0 Å². The van der Waals surface area contributed by atoms with Gasteiger partial charge in [0.15, 0.2) is 0 Å². The van der Waals surface area contributed by atoms with Gasteiger partial charge in [-0.05, 0) is 31.6 Å². The first-order valence-corrected chi connectivity index (χ1v) is 7.59. The number of alkyl carbamates (subject to hydrolysis) is 1. The fraction of sp³-hybridized carbons (Fsp3) is 0.867. The van der Waals surface area contributed by atoms with E-state index in [4.69, 9.17) is 4.74 Å². The summed E-state index contributed by atoms with van der Waals surface area (Å²) in [6, 6.07) is 0. The molecule has 0 unspecified atom stereocenters. The van der Waals surface area contributed by atoms with Crippen LogP contribution >= 0.6 is 0 Å². The van der Waals surface area contributed by atoms with E-state index >= 15 is 0 Å². The van der Waals surface area contributed by atoms with Gasteiger partial charge in [-0.2, -0.15) is 0 Å². The quantitative estimate of drug-likeness (QED) is 0.638. The second-order valence-electron chi connectivity index (χ2n) is 6.14. The average Bonchev–Trinajstić information content (AvgIpc) is 3.12. The number of ether oxygens (including phenoxy) is 1. The monoisotopic (exact) mass is 285 g/mol. The van der Waals surface area contributed by atoms with Gasteiger partial charge in [0.25, 0.3) is 0 Å². The van der Waals surface area contributed by atoms with Gasteiger partial charge in [0.2, 0.25) is 0 Å². The summed E-state index contributed by atoms with van der Waals surface area (Å²) in [5.41, 5.74) is -0.585. The molecule has 0 radical (unpaired) electrons. The van der Waals surface area contributed by atoms with Gasteiger partial charge in [-0.25, -0.2) is 4.79 Å². The Morgan fingerprint density at radius 3 is 2.40 bits per heavy atom. The zero-order valence-electron chi connectivity index (χ0n) is 12.8. The molecule has 5 heteroatoms. The van der Waals surface area contributed by atoms with Crippen LogP contribution < -0.4 is 5.32 Å². The molecule has 0 bridgehead atoms. The van der Waals surface area contributed by atoms with Crippen LogP contribution in [0.4, 0.5) is 4.79 Å². The second-order valence-corrected chi connectivity index (χ2v) is 6.14. The Morgan fingerprint density at radius 2 is 1.95 bits per heavy atom. The van der Waals surface area contributed by atoms with Gasteiger partial charge in [-0.15, -0.1) is 0 Å². The maximum Gasteiger partial charge on any atom is 0.407 e. The molecule has 0 spiro atoms. The number of unbranched alkanes of at least 4 members (excludes halogenated alkanes) is 2. The lowest BCUT2D eigenvalue weighted by Gasteiger charge is -2.25. The molecule has 0 aromatic rings. The largest absolute Gasteiger partial charge is 0.481 e. The Balaban J connectivity index is 2.47. The average molecular weight is 285 g/mol. The maximum atomic E-state index is 11.7. The molecule has 0 aliphatic heterocycles. The predicted octanol–water partition coefficient (Wildman–Crippen LogP) is 3.18. The molecule has 2 N–H and O–H groups in total. The van der Waals surface area contributed by atoms with Gasteiger partial charge in [0.05, 0.1) is 18.1 Å². The van der Waals surface area contributed by atoms with Crippen LogP contribution in [0.1, 0.15) is 59.3 Å². The predicted molar refractivity (Wildman–Crippen MR) is 76.6 cm³/mol. The summed E-state index contributed by atoms with van der Waals surface area (Å²) in [6.45, 7) is 6.48. The summed E-state index contributed by atoms with van der Waals surface area (Å²) in [6.07, 6.45) is 4.50. The van der Waals surface area contributed by atoms with Crippen molar-refractivity contribution in [3.8, 4) is 0 Å². The van der Waals surface area contributed by atoms with E-state index in [0.717, 1.165) is 32.1 Å². The Bertz CT molecular complexity index is 337. The highest BCUT2D eigenvalue weighted by atomic mass is 16.5. The number of hydrogen-bond acceptors (Lipinski definition) is 3. The van der Waals surface area contributed by atoms with Crippen LogP contribution in [-0.2, 0) is 9.53 Å². The number of carboxylic acid groups (broad SMARTS) is 1. The van der Waals surface area contributed by atoms with Crippen LogP contribution in [0.2, 0.25) is 0 Å². The Kier molecular flexibility index (Phi) is 6.30. The number of hydrogen-bond donors (Lipinski definition) is 2. The van der Waals surface area contributed by atoms with Crippen molar-refractivity contribution in [2.24, 2.45) is 11.8 Å². The molecule has 0 heterocycles. The van der Waals surface area contributed by atoms with Gasteiger partial charge >= 0.3 is 12.1 Å². The minimum absolute atomic E-state index is 0.288. The van der Waals surface area contributed by atoms with E-state index in [-0.39, 0.29) is 5.92 Å². The third kappa shape index (κ3) is 5.02. The molecule has 1 aliphatic rings. The molecule has 0 saturated heterocycles. The molecule has 1 fully saturated rings. The summed E-state index contributed by atoms with van der Waals surface area (Å²) in [7, 11) is 0. The molecule has 1 aliphatic carbocycles. The van der Waals surface area contributed by atoms with Gasteiger partial charge in [-0.3, -0.25) is 4.79 Å². The molecule has 116 valence electrons. The highest BCUT2D eigenvalue weighted by molar-refractivity contribution is 5.76. The van der Waals surface area contributed by atoms with Gasteiger partial charge in [-0.1, -0.05) is 33.6 Å². The van der Waals surface area contributed by atoms with E-state index < -0.39 is 23.5 Å². The lowest BCUT2D eigenvalue weighted by Crippen LogP contribution is -2.46. The minimum Gasteiger partial charge on any atom is -0.481 e. The minimum atomic E-state index is -0.831. The zero-order chi connectivity index (χ0) is 15.2. The van der Waals surface area contributed by atoms with Crippen molar-refractivity contribution in [3.63, 3.8) is 0 Å². The highest BCUT2D eigenvalue weighted by Gasteiger charge is 2.54. The Labute approximate surface area is 121 Å². The molecule has 5 nitrogen and oxygen atoms in total. The van der Waals surface area contributed by atoms with E-state index in [0.29, 0.717) is 13.0 Å². The Hall–Kier alpha value is -1.26. The molecule has 20 heavy (non-hydrogen) atoms. The first-order chi connectivity index (χ1) is 9.41. The molecule has 1 atom stereocenters. The van der Waals surface area contributed by atoms with Gasteiger partial charge < -0.3 is 15.2 Å². The van der Waals surface area contributed by atoms with Gasteiger partial charge in [0.1, 0.15) is 0 Å². The number of carbonyl (C=O) groups excluding carboxylic acids is 1. The number of amides is 1. The fourth-order valence-electron chi connectivity index (χ4n) is 2.49. The number of aliphatic carboxylic acids is 1. The molecule has 1 amide bonds. The highest BCUT2D eigenvalue weighted by Crippen LogP contribution is 2.45. The van der Waals surface area contributed by atoms with E-state index in [1.807, 2.05) is 13.8 Å². The van der Waals surface area contributed by atoms with Crippen LogP contribution in [-0.4, -0.2) is 29.3 Å². The summed E-state index contributed by atoms with van der Waals surface area (Å²) < 4.78 is 5.11. The van der Waals surface area contributed by atoms with E-state index in [1.54, 1.807) is 0 Å². The first-order valence-electron chi connectivity index (χ1n) is 7.59.